The Balaban J connectivity index is 2.44. The van der Waals surface area contributed by atoms with Gasteiger partial charge in [0.15, 0.2) is 0 Å². The fraction of sp³-hybridized carbons (Fsp3) is 0.786. The smallest absolute Gasteiger partial charge is 0.334 e. The first-order valence-corrected chi connectivity index (χ1v) is 7.46. The van der Waals surface area contributed by atoms with Crippen molar-refractivity contribution in [2.75, 3.05) is 11.9 Å². The summed E-state index contributed by atoms with van der Waals surface area (Å²) in [5, 5.41) is 26.0. The van der Waals surface area contributed by atoms with Gasteiger partial charge >= 0.3 is 5.69 Å². The number of likely N-dealkylation sites (N-methyl/N-ethyl adjacent to an activating group) is 1. The molecule has 2 rings (SSSR count). The third kappa shape index (κ3) is 2.88. The van der Waals surface area contributed by atoms with E-state index >= 15 is 0 Å². The Labute approximate surface area is 124 Å². The third-order valence-corrected chi connectivity index (χ3v) is 4.27. The van der Waals surface area contributed by atoms with Crippen molar-refractivity contribution in [3.05, 3.63) is 15.8 Å². The van der Waals surface area contributed by atoms with Gasteiger partial charge < -0.3 is 10.0 Å². The molecule has 1 aliphatic rings. The van der Waals surface area contributed by atoms with Crippen molar-refractivity contribution in [2.45, 2.75) is 57.6 Å². The van der Waals surface area contributed by atoms with Gasteiger partial charge in [0, 0.05) is 20.0 Å². The summed E-state index contributed by atoms with van der Waals surface area (Å²) in [6, 6.07) is -0.0899. The van der Waals surface area contributed by atoms with Gasteiger partial charge in [0.1, 0.15) is 5.69 Å². The van der Waals surface area contributed by atoms with Crippen LogP contribution in [-0.2, 0) is 7.05 Å². The monoisotopic (exact) mass is 296 g/mol. The highest BCUT2D eigenvalue weighted by Crippen LogP contribution is 2.37. The minimum Gasteiger partial charge on any atom is -0.391 e. The lowest BCUT2D eigenvalue weighted by Gasteiger charge is -2.35. The quantitative estimate of drug-likeness (QED) is 0.680. The van der Waals surface area contributed by atoms with Crippen LogP contribution in [0.1, 0.15) is 51.1 Å². The number of aromatic nitrogens is 2. The van der Waals surface area contributed by atoms with Gasteiger partial charge in [0.2, 0.25) is 5.82 Å². The molecule has 0 spiro atoms. The van der Waals surface area contributed by atoms with Crippen molar-refractivity contribution in [2.24, 2.45) is 7.05 Å². The molecule has 0 aromatic carbocycles. The Bertz CT molecular complexity index is 527. The number of aliphatic hydroxyl groups is 1. The van der Waals surface area contributed by atoms with E-state index in [0.717, 1.165) is 25.7 Å². The molecule has 0 amide bonds. The highest BCUT2D eigenvalue weighted by Gasteiger charge is 2.35. The molecule has 0 bridgehead atoms. The number of aryl methyl sites for hydroxylation is 1. The molecule has 1 aromatic rings. The first-order valence-electron chi connectivity index (χ1n) is 7.46. The second-order valence-corrected chi connectivity index (χ2v) is 6.12. The lowest BCUT2D eigenvalue weighted by Crippen LogP contribution is -2.44. The highest BCUT2D eigenvalue weighted by molar-refractivity contribution is 5.62. The first kappa shape index (κ1) is 15.8. The molecule has 0 aliphatic heterocycles. The molecular formula is C14H24N4O3. The van der Waals surface area contributed by atoms with E-state index in [1.807, 2.05) is 25.8 Å². The summed E-state index contributed by atoms with van der Waals surface area (Å²) in [4.78, 5) is 13.0. The summed E-state index contributed by atoms with van der Waals surface area (Å²) in [5.74, 6) is 0.463. The fourth-order valence-corrected chi connectivity index (χ4v) is 3.18. The van der Waals surface area contributed by atoms with Crippen LogP contribution in [0.3, 0.4) is 0 Å². The standard InChI is InChI=1S/C14H24N4O3/c1-9(2)12-13(18(20)21)14(17(4)15-12)16(3)10-7-5-6-8-11(10)19/h9-11,19H,5-8H2,1-4H3. The lowest BCUT2D eigenvalue weighted by molar-refractivity contribution is -0.385. The van der Waals surface area contributed by atoms with Gasteiger partial charge in [0.05, 0.1) is 17.1 Å². The van der Waals surface area contributed by atoms with E-state index in [-0.39, 0.29) is 22.6 Å². The van der Waals surface area contributed by atoms with Crippen LogP contribution in [-0.4, -0.2) is 39.0 Å². The summed E-state index contributed by atoms with van der Waals surface area (Å²) in [6.07, 6.45) is 3.19. The second-order valence-electron chi connectivity index (χ2n) is 6.12. The summed E-state index contributed by atoms with van der Waals surface area (Å²) in [5.41, 5.74) is 0.558. The van der Waals surface area contributed by atoms with E-state index in [0.29, 0.717) is 11.5 Å². The lowest BCUT2D eigenvalue weighted by atomic mass is 9.91. The summed E-state index contributed by atoms with van der Waals surface area (Å²) < 4.78 is 1.56. The molecule has 118 valence electrons. The molecule has 1 heterocycles. The summed E-state index contributed by atoms with van der Waals surface area (Å²) >= 11 is 0. The van der Waals surface area contributed by atoms with E-state index in [9.17, 15) is 15.2 Å². The van der Waals surface area contributed by atoms with Gasteiger partial charge in [-0.05, 0) is 12.8 Å². The van der Waals surface area contributed by atoms with E-state index < -0.39 is 6.10 Å². The number of rotatable bonds is 4. The average molecular weight is 296 g/mol. The average Bonchev–Trinajstić information content (AvgIpc) is 2.76. The number of hydrogen-bond acceptors (Lipinski definition) is 5. The Morgan fingerprint density at radius 3 is 2.57 bits per heavy atom. The molecule has 1 N–H and O–H groups in total. The Morgan fingerprint density at radius 2 is 2.05 bits per heavy atom. The van der Waals surface area contributed by atoms with E-state index in [1.165, 1.54) is 0 Å². The van der Waals surface area contributed by atoms with Crippen molar-refractivity contribution < 1.29 is 10.0 Å². The summed E-state index contributed by atoms with van der Waals surface area (Å²) in [6.45, 7) is 3.79. The van der Waals surface area contributed by atoms with E-state index in [2.05, 4.69) is 5.10 Å². The Hall–Kier alpha value is -1.63. The number of nitrogens with zero attached hydrogens (tertiary/aromatic N) is 4. The van der Waals surface area contributed by atoms with Crippen molar-refractivity contribution >= 4 is 11.5 Å². The maximum absolute atomic E-state index is 11.5. The van der Waals surface area contributed by atoms with Crippen LogP contribution in [0.15, 0.2) is 0 Å². The minimum absolute atomic E-state index is 0.0185. The van der Waals surface area contributed by atoms with Crippen LogP contribution in [0.4, 0.5) is 11.5 Å². The van der Waals surface area contributed by atoms with Crippen LogP contribution in [0, 0.1) is 10.1 Å². The van der Waals surface area contributed by atoms with Crippen LogP contribution in [0.25, 0.3) is 0 Å². The number of anilines is 1. The van der Waals surface area contributed by atoms with Gasteiger partial charge in [-0.1, -0.05) is 26.7 Å². The SMILES string of the molecule is CC(C)c1nn(C)c(N(C)C2CCCCC2O)c1[N+](=O)[O-]. The van der Waals surface area contributed by atoms with Crippen molar-refractivity contribution in [1.29, 1.82) is 0 Å². The Morgan fingerprint density at radius 1 is 1.43 bits per heavy atom. The zero-order chi connectivity index (χ0) is 15.7. The predicted octanol–water partition coefficient (Wildman–Crippen LogP) is 2.19. The number of aliphatic hydroxyl groups excluding tert-OH is 1. The molecule has 1 fully saturated rings. The van der Waals surface area contributed by atoms with Crippen molar-refractivity contribution in [1.82, 2.24) is 9.78 Å². The maximum atomic E-state index is 11.5. The summed E-state index contributed by atoms with van der Waals surface area (Å²) in [7, 11) is 3.53. The molecule has 1 aromatic heterocycles. The second kappa shape index (κ2) is 6.01. The number of nitro groups is 1. The topological polar surface area (TPSA) is 84.4 Å². The van der Waals surface area contributed by atoms with E-state index in [4.69, 9.17) is 0 Å². The third-order valence-electron chi connectivity index (χ3n) is 4.27. The van der Waals surface area contributed by atoms with Gasteiger partial charge in [-0.15, -0.1) is 0 Å². The first-order chi connectivity index (χ1) is 9.84. The molecule has 0 saturated heterocycles. The maximum Gasteiger partial charge on any atom is 0.334 e. The molecule has 2 unspecified atom stereocenters. The van der Waals surface area contributed by atoms with Crippen LogP contribution >= 0.6 is 0 Å². The van der Waals surface area contributed by atoms with Gasteiger partial charge in [-0.2, -0.15) is 5.10 Å². The molecule has 2 atom stereocenters. The Kier molecular flexibility index (Phi) is 4.51. The minimum atomic E-state index is -0.444. The van der Waals surface area contributed by atoms with Crippen LogP contribution in [0.5, 0.6) is 0 Å². The molecular weight excluding hydrogens is 272 g/mol. The van der Waals surface area contributed by atoms with Crippen LogP contribution in [0.2, 0.25) is 0 Å². The fourth-order valence-electron chi connectivity index (χ4n) is 3.18. The zero-order valence-corrected chi connectivity index (χ0v) is 13.1. The van der Waals surface area contributed by atoms with Crippen molar-refractivity contribution in [3.63, 3.8) is 0 Å². The van der Waals surface area contributed by atoms with E-state index in [1.54, 1.807) is 11.7 Å². The molecule has 7 nitrogen and oxygen atoms in total. The van der Waals surface area contributed by atoms with Gasteiger partial charge in [-0.25, -0.2) is 4.68 Å². The normalized spacial score (nSPS) is 22.6. The molecule has 0 radical (unpaired) electrons. The molecule has 1 aliphatic carbocycles. The predicted molar refractivity (Wildman–Crippen MR) is 80.6 cm³/mol. The molecule has 1 saturated carbocycles. The van der Waals surface area contributed by atoms with Gasteiger partial charge in [0.25, 0.3) is 0 Å². The van der Waals surface area contributed by atoms with Crippen LogP contribution < -0.4 is 4.90 Å². The molecule has 21 heavy (non-hydrogen) atoms. The van der Waals surface area contributed by atoms with Gasteiger partial charge in [-0.3, -0.25) is 10.1 Å². The van der Waals surface area contributed by atoms with Crippen molar-refractivity contribution in [3.8, 4) is 0 Å². The largest absolute Gasteiger partial charge is 0.391 e. The zero-order valence-electron chi connectivity index (χ0n) is 13.1. The highest BCUT2D eigenvalue weighted by atomic mass is 16.6. The number of hydrogen-bond donors (Lipinski definition) is 1. The molecule has 7 heteroatoms.